The smallest absolute Gasteiger partial charge is 0.310 e. The Morgan fingerprint density at radius 1 is 1.27 bits per heavy atom. The van der Waals surface area contributed by atoms with Crippen LogP contribution in [-0.2, 0) is 14.3 Å². The highest BCUT2D eigenvalue weighted by Gasteiger charge is 2.33. The lowest BCUT2D eigenvalue weighted by atomic mass is 10.1. The number of ether oxygens (including phenoxy) is 2. The molecule has 0 saturated heterocycles. The summed E-state index contributed by atoms with van der Waals surface area (Å²) in [5.41, 5.74) is 0.878. The van der Waals surface area contributed by atoms with Crippen molar-refractivity contribution in [3.8, 4) is 5.75 Å². The molecule has 1 saturated carbocycles. The lowest BCUT2D eigenvalue weighted by Gasteiger charge is -2.24. The molecule has 0 bridgehead atoms. The van der Waals surface area contributed by atoms with Crippen LogP contribution >= 0.6 is 0 Å². The number of carbonyl (C=O) groups is 2. The second kappa shape index (κ2) is 10.00. The fourth-order valence-corrected chi connectivity index (χ4v) is 2.68. The first-order valence-electron chi connectivity index (χ1n) is 9.43. The van der Waals surface area contributed by atoms with Gasteiger partial charge in [-0.3, -0.25) is 9.59 Å². The van der Waals surface area contributed by atoms with Crippen LogP contribution < -0.4 is 4.74 Å². The summed E-state index contributed by atoms with van der Waals surface area (Å²) in [4.78, 5) is 26.3. The van der Waals surface area contributed by atoms with E-state index in [0.29, 0.717) is 19.8 Å². The zero-order chi connectivity index (χ0) is 18.9. The van der Waals surface area contributed by atoms with E-state index in [9.17, 15) is 9.59 Å². The summed E-state index contributed by atoms with van der Waals surface area (Å²) in [7, 11) is 0. The summed E-state index contributed by atoms with van der Waals surface area (Å²) in [5.74, 6) is 0.117. The summed E-state index contributed by atoms with van der Waals surface area (Å²) in [6.45, 7) is 7.04. The summed E-state index contributed by atoms with van der Waals surface area (Å²) in [6.07, 6.45) is 6.27. The summed E-state index contributed by atoms with van der Waals surface area (Å²) < 4.78 is 10.8. The lowest BCUT2D eigenvalue weighted by molar-refractivity contribution is -0.148. The van der Waals surface area contributed by atoms with Gasteiger partial charge in [-0.15, -0.1) is 0 Å². The van der Waals surface area contributed by atoms with Crippen molar-refractivity contribution in [1.29, 1.82) is 0 Å². The molecule has 1 amide bonds. The van der Waals surface area contributed by atoms with Crippen molar-refractivity contribution in [2.24, 2.45) is 5.92 Å². The maximum absolute atomic E-state index is 12.7. The van der Waals surface area contributed by atoms with E-state index in [0.717, 1.165) is 30.6 Å². The van der Waals surface area contributed by atoms with Crippen molar-refractivity contribution in [3.63, 3.8) is 0 Å². The fourth-order valence-electron chi connectivity index (χ4n) is 2.68. The molecule has 1 fully saturated rings. The van der Waals surface area contributed by atoms with E-state index in [-0.39, 0.29) is 23.8 Å². The topological polar surface area (TPSA) is 55.8 Å². The lowest BCUT2D eigenvalue weighted by Crippen LogP contribution is -2.38. The average molecular weight is 359 g/mol. The molecule has 142 valence electrons. The van der Waals surface area contributed by atoms with Crippen LogP contribution in [0, 0.1) is 5.92 Å². The van der Waals surface area contributed by atoms with Gasteiger partial charge in [-0.25, -0.2) is 0 Å². The predicted octanol–water partition coefficient (Wildman–Crippen LogP) is 3.68. The molecule has 2 rings (SSSR count). The highest BCUT2D eigenvalue weighted by atomic mass is 16.5. The van der Waals surface area contributed by atoms with Crippen molar-refractivity contribution < 1.29 is 19.1 Å². The molecule has 0 N–H and O–H groups in total. The number of esters is 1. The maximum atomic E-state index is 12.7. The van der Waals surface area contributed by atoms with Gasteiger partial charge in [-0.1, -0.05) is 32.0 Å². The van der Waals surface area contributed by atoms with Gasteiger partial charge in [0.25, 0.3) is 0 Å². The van der Waals surface area contributed by atoms with Crippen LogP contribution in [0.2, 0.25) is 0 Å². The molecule has 5 heteroatoms. The number of benzene rings is 1. The van der Waals surface area contributed by atoms with Gasteiger partial charge in [0.2, 0.25) is 5.91 Å². The Kier molecular flexibility index (Phi) is 7.70. The van der Waals surface area contributed by atoms with Gasteiger partial charge < -0.3 is 14.4 Å². The minimum absolute atomic E-state index is 0.0751. The average Bonchev–Trinajstić information content (AvgIpc) is 3.48. The van der Waals surface area contributed by atoms with Gasteiger partial charge in [0.15, 0.2) is 0 Å². The number of carbonyl (C=O) groups excluding carboxylic acids is 2. The standard InChI is InChI=1S/C21H29NO4/c1-4-14-26-19-9-7-6-8-17(19)10-13-20(23)22(18-11-12-18)15-16(3)21(24)25-5-2/h6-10,13,16,18H,4-5,11-12,14-15H2,1-3H3/b13-10+. The Balaban J connectivity index is 2.04. The van der Waals surface area contributed by atoms with E-state index >= 15 is 0 Å². The molecule has 1 aliphatic carbocycles. The third-order valence-corrected chi connectivity index (χ3v) is 4.22. The first kappa shape index (κ1) is 20.0. The quantitative estimate of drug-likeness (QED) is 0.472. The fraction of sp³-hybridized carbons (Fsp3) is 0.524. The number of amides is 1. The molecule has 1 aromatic carbocycles. The first-order valence-corrected chi connectivity index (χ1v) is 9.43. The normalized spacial score (nSPS) is 14.9. The Labute approximate surface area is 156 Å². The zero-order valence-electron chi connectivity index (χ0n) is 15.9. The van der Waals surface area contributed by atoms with E-state index < -0.39 is 0 Å². The van der Waals surface area contributed by atoms with Crippen molar-refractivity contribution in [1.82, 2.24) is 4.90 Å². The van der Waals surface area contributed by atoms with Crippen LogP contribution in [0.15, 0.2) is 30.3 Å². The SMILES string of the molecule is CCCOc1ccccc1/C=C/C(=O)N(CC(C)C(=O)OCC)C1CC1. The molecule has 5 nitrogen and oxygen atoms in total. The highest BCUT2D eigenvalue weighted by Crippen LogP contribution is 2.28. The second-order valence-corrected chi connectivity index (χ2v) is 6.59. The summed E-state index contributed by atoms with van der Waals surface area (Å²) in [6, 6.07) is 7.90. The van der Waals surface area contributed by atoms with Crippen LogP contribution in [0.3, 0.4) is 0 Å². The molecule has 26 heavy (non-hydrogen) atoms. The Hall–Kier alpha value is -2.30. The minimum Gasteiger partial charge on any atom is -0.493 e. The molecule has 0 aliphatic heterocycles. The van der Waals surface area contributed by atoms with E-state index in [1.807, 2.05) is 24.3 Å². The number of para-hydroxylation sites is 1. The van der Waals surface area contributed by atoms with Crippen LogP contribution in [-0.4, -0.2) is 42.6 Å². The maximum Gasteiger partial charge on any atom is 0.310 e. The molecule has 1 atom stereocenters. The van der Waals surface area contributed by atoms with E-state index in [4.69, 9.17) is 9.47 Å². The predicted molar refractivity (Wildman–Crippen MR) is 102 cm³/mol. The number of hydrogen-bond acceptors (Lipinski definition) is 4. The molecule has 0 aromatic heterocycles. The molecule has 1 aliphatic rings. The molecular formula is C21H29NO4. The number of hydrogen-bond donors (Lipinski definition) is 0. The van der Waals surface area contributed by atoms with Crippen LogP contribution in [0.5, 0.6) is 5.75 Å². The molecule has 0 radical (unpaired) electrons. The third kappa shape index (κ3) is 5.90. The van der Waals surface area contributed by atoms with E-state index in [1.54, 1.807) is 30.9 Å². The van der Waals surface area contributed by atoms with E-state index in [1.165, 1.54) is 0 Å². The van der Waals surface area contributed by atoms with Crippen LogP contribution in [0.4, 0.5) is 0 Å². The van der Waals surface area contributed by atoms with Gasteiger partial charge in [0.05, 0.1) is 19.1 Å². The molecule has 0 heterocycles. The largest absolute Gasteiger partial charge is 0.493 e. The van der Waals surface area contributed by atoms with Gasteiger partial charge in [0.1, 0.15) is 5.75 Å². The number of nitrogens with zero attached hydrogens (tertiary/aromatic N) is 1. The second-order valence-electron chi connectivity index (χ2n) is 6.59. The van der Waals surface area contributed by atoms with Gasteiger partial charge in [0, 0.05) is 24.2 Å². The molecular weight excluding hydrogens is 330 g/mol. The zero-order valence-corrected chi connectivity index (χ0v) is 15.9. The van der Waals surface area contributed by atoms with Crippen molar-refractivity contribution in [3.05, 3.63) is 35.9 Å². The third-order valence-electron chi connectivity index (χ3n) is 4.22. The molecule has 0 spiro atoms. The van der Waals surface area contributed by atoms with Gasteiger partial charge >= 0.3 is 5.97 Å². The Morgan fingerprint density at radius 3 is 2.65 bits per heavy atom. The summed E-state index contributed by atoms with van der Waals surface area (Å²) in [5, 5.41) is 0. The van der Waals surface area contributed by atoms with Crippen LogP contribution in [0.25, 0.3) is 6.08 Å². The molecule has 1 aromatic rings. The van der Waals surface area contributed by atoms with E-state index in [2.05, 4.69) is 6.92 Å². The monoisotopic (exact) mass is 359 g/mol. The Morgan fingerprint density at radius 2 is 2.00 bits per heavy atom. The van der Waals surface area contributed by atoms with Gasteiger partial charge in [-0.05, 0) is 38.3 Å². The van der Waals surface area contributed by atoms with Crippen molar-refractivity contribution >= 4 is 18.0 Å². The summed E-state index contributed by atoms with van der Waals surface area (Å²) >= 11 is 0. The van der Waals surface area contributed by atoms with Crippen molar-refractivity contribution in [2.45, 2.75) is 46.1 Å². The highest BCUT2D eigenvalue weighted by molar-refractivity contribution is 5.93. The number of rotatable bonds is 10. The minimum atomic E-state index is -0.326. The van der Waals surface area contributed by atoms with Gasteiger partial charge in [-0.2, -0.15) is 0 Å². The molecule has 1 unspecified atom stereocenters. The first-order chi connectivity index (χ1) is 12.6. The van der Waals surface area contributed by atoms with Crippen LogP contribution in [0.1, 0.15) is 45.6 Å². The van der Waals surface area contributed by atoms with Crippen molar-refractivity contribution in [2.75, 3.05) is 19.8 Å². The Bertz CT molecular complexity index is 637.